The number of rotatable bonds is 10. The molecule has 0 bridgehead atoms. The summed E-state index contributed by atoms with van der Waals surface area (Å²) in [6.45, 7) is 8.38. The summed E-state index contributed by atoms with van der Waals surface area (Å²) in [6.07, 6.45) is 1.96. The Bertz CT molecular complexity index is 940. The van der Waals surface area contributed by atoms with Crippen LogP contribution in [0.25, 0.3) is 0 Å². The van der Waals surface area contributed by atoms with Crippen molar-refractivity contribution in [1.82, 2.24) is 5.32 Å². The third-order valence-electron chi connectivity index (χ3n) is 4.89. The van der Waals surface area contributed by atoms with Gasteiger partial charge in [-0.1, -0.05) is 51.1 Å². The summed E-state index contributed by atoms with van der Waals surface area (Å²) in [7, 11) is -3.63. The summed E-state index contributed by atoms with van der Waals surface area (Å²) in [5.41, 5.74) is 2.68. The van der Waals surface area contributed by atoms with Crippen LogP contribution in [0.5, 0.6) is 5.75 Å². The standard InChI is InChI=1S/C23H32N2O4S/c1-6-19-11-13-20(14-12-19)25(30(5,27)28)18(4)23(26)24-15-16-29-22-10-8-7-9-21(22)17(2)3/h7-14,17-18H,6,15-16H2,1-5H3,(H,24,26)/t18-/m1/s1. The molecule has 2 aromatic carbocycles. The van der Waals surface area contributed by atoms with Crippen molar-refractivity contribution in [2.45, 2.75) is 46.1 Å². The first-order chi connectivity index (χ1) is 14.1. The molecule has 1 N–H and O–H groups in total. The van der Waals surface area contributed by atoms with Gasteiger partial charge in [0, 0.05) is 0 Å². The number of anilines is 1. The smallest absolute Gasteiger partial charge is 0.243 e. The number of carbonyl (C=O) groups excluding carboxylic acids is 1. The SMILES string of the molecule is CCc1ccc(N([C@H](C)C(=O)NCCOc2ccccc2C(C)C)S(C)(=O)=O)cc1. The number of para-hydroxylation sites is 1. The number of hydrogen-bond acceptors (Lipinski definition) is 4. The Balaban J connectivity index is 2.00. The molecule has 1 amide bonds. The molecule has 0 spiro atoms. The molecule has 6 nitrogen and oxygen atoms in total. The van der Waals surface area contributed by atoms with Gasteiger partial charge in [-0.05, 0) is 48.6 Å². The first-order valence-electron chi connectivity index (χ1n) is 10.2. The zero-order valence-corrected chi connectivity index (χ0v) is 19.2. The Morgan fingerprint density at radius 3 is 2.27 bits per heavy atom. The second-order valence-corrected chi connectivity index (χ2v) is 9.45. The summed E-state index contributed by atoms with van der Waals surface area (Å²) < 4.78 is 31.7. The molecule has 2 rings (SSSR count). The lowest BCUT2D eigenvalue weighted by atomic mass is 10.0. The number of carbonyl (C=O) groups is 1. The Morgan fingerprint density at radius 1 is 1.07 bits per heavy atom. The Labute approximate surface area is 180 Å². The van der Waals surface area contributed by atoms with Gasteiger partial charge in [-0.2, -0.15) is 0 Å². The van der Waals surface area contributed by atoms with Gasteiger partial charge < -0.3 is 10.1 Å². The zero-order chi connectivity index (χ0) is 22.3. The third kappa shape index (κ3) is 6.23. The molecular formula is C23H32N2O4S. The second-order valence-electron chi connectivity index (χ2n) is 7.59. The van der Waals surface area contributed by atoms with Crippen LogP contribution in [-0.2, 0) is 21.2 Å². The first kappa shape index (κ1) is 23.7. The van der Waals surface area contributed by atoms with Crippen LogP contribution >= 0.6 is 0 Å². The summed E-state index contributed by atoms with van der Waals surface area (Å²) in [4.78, 5) is 12.6. The molecule has 0 aliphatic carbocycles. The van der Waals surface area contributed by atoms with Crippen molar-refractivity contribution in [3.8, 4) is 5.75 Å². The molecule has 0 saturated carbocycles. The Morgan fingerprint density at radius 2 is 1.70 bits per heavy atom. The molecule has 0 unspecified atom stereocenters. The van der Waals surface area contributed by atoms with E-state index in [9.17, 15) is 13.2 Å². The quantitative estimate of drug-likeness (QED) is 0.581. The number of benzene rings is 2. The number of ether oxygens (including phenoxy) is 1. The van der Waals surface area contributed by atoms with Crippen LogP contribution in [-0.4, -0.2) is 39.8 Å². The lowest BCUT2D eigenvalue weighted by molar-refractivity contribution is -0.121. The number of nitrogens with zero attached hydrogens (tertiary/aromatic N) is 1. The molecule has 0 aliphatic heterocycles. The molecule has 2 aromatic rings. The van der Waals surface area contributed by atoms with Crippen molar-refractivity contribution in [3.63, 3.8) is 0 Å². The van der Waals surface area contributed by atoms with Crippen LogP contribution < -0.4 is 14.4 Å². The normalized spacial score (nSPS) is 12.5. The van der Waals surface area contributed by atoms with Gasteiger partial charge in [-0.15, -0.1) is 0 Å². The highest BCUT2D eigenvalue weighted by Crippen LogP contribution is 2.25. The van der Waals surface area contributed by atoms with Crippen LogP contribution in [0.3, 0.4) is 0 Å². The summed E-state index contributed by atoms with van der Waals surface area (Å²) in [5.74, 6) is 0.752. The molecule has 0 heterocycles. The fraction of sp³-hybridized carbons (Fsp3) is 0.435. The largest absolute Gasteiger partial charge is 0.491 e. The molecule has 30 heavy (non-hydrogen) atoms. The van der Waals surface area contributed by atoms with Gasteiger partial charge in [0.15, 0.2) is 0 Å². The van der Waals surface area contributed by atoms with Crippen LogP contribution in [0.2, 0.25) is 0 Å². The van der Waals surface area contributed by atoms with Gasteiger partial charge >= 0.3 is 0 Å². The number of aryl methyl sites for hydroxylation is 1. The molecule has 0 aliphatic rings. The summed E-state index contributed by atoms with van der Waals surface area (Å²) in [6, 6.07) is 14.1. The molecule has 1 atom stereocenters. The minimum atomic E-state index is -3.63. The van der Waals surface area contributed by atoms with E-state index in [0.29, 0.717) is 18.2 Å². The van der Waals surface area contributed by atoms with Crippen molar-refractivity contribution in [2.24, 2.45) is 0 Å². The van der Waals surface area contributed by atoms with Gasteiger partial charge in [0.1, 0.15) is 18.4 Å². The average molecular weight is 433 g/mol. The van der Waals surface area contributed by atoms with Crippen molar-refractivity contribution in [3.05, 3.63) is 59.7 Å². The van der Waals surface area contributed by atoms with E-state index in [1.807, 2.05) is 43.3 Å². The van der Waals surface area contributed by atoms with Crippen LogP contribution in [0.1, 0.15) is 44.7 Å². The predicted molar refractivity (Wildman–Crippen MR) is 122 cm³/mol. The highest BCUT2D eigenvalue weighted by Gasteiger charge is 2.28. The van der Waals surface area contributed by atoms with Gasteiger partial charge in [-0.25, -0.2) is 8.42 Å². The minimum absolute atomic E-state index is 0.280. The monoisotopic (exact) mass is 432 g/mol. The minimum Gasteiger partial charge on any atom is -0.491 e. The van der Waals surface area contributed by atoms with E-state index >= 15 is 0 Å². The van der Waals surface area contributed by atoms with Gasteiger partial charge in [0.05, 0.1) is 18.5 Å². The maximum atomic E-state index is 12.6. The predicted octanol–water partition coefficient (Wildman–Crippen LogP) is 3.72. The molecule has 0 saturated heterocycles. The molecule has 0 fully saturated rings. The first-order valence-corrected chi connectivity index (χ1v) is 12.1. The zero-order valence-electron chi connectivity index (χ0n) is 18.4. The Kier molecular flexibility index (Phi) is 8.29. The second kappa shape index (κ2) is 10.5. The van der Waals surface area contributed by atoms with Gasteiger partial charge in [0.2, 0.25) is 15.9 Å². The molecular weight excluding hydrogens is 400 g/mol. The number of nitrogens with one attached hydrogen (secondary N) is 1. The van der Waals surface area contributed by atoms with E-state index in [-0.39, 0.29) is 12.5 Å². The van der Waals surface area contributed by atoms with Crippen LogP contribution in [0.15, 0.2) is 48.5 Å². The lowest BCUT2D eigenvalue weighted by Crippen LogP contribution is -2.48. The highest BCUT2D eigenvalue weighted by atomic mass is 32.2. The van der Waals surface area contributed by atoms with Crippen molar-refractivity contribution in [2.75, 3.05) is 23.7 Å². The molecule has 164 valence electrons. The average Bonchev–Trinajstić information content (AvgIpc) is 2.70. The summed E-state index contributed by atoms with van der Waals surface area (Å²) in [5, 5.41) is 2.78. The van der Waals surface area contributed by atoms with E-state index < -0.39 is 16.1 Å². The van der Waals surface area contributed by atoms with E-state index in [0.717, 1.165) is 33.9 Å². The van der Waals surface area contributed by atoms with Crippen molar-refractivity contribution in [1.29, 1.82) is 0 Å². The van der Waals surface area contributed by atoms with Crippen molar-refractivity contribution >= 4 is 21.6 Å². The molecule has 7 heteroatoms. The van der Waals surface area contributed by atoms with Crippen LogP contribution in [0, 0.1) is 0 Å². The van der Waals surface area contributed by atoms with Gasteiger partial charge in [-0.3, -0.25) is 9.10 Å². The Hall–Kier alpha value is -2.54. The fourth-order valence-electron chi connectivity index (χ4n) is 3.26. The number of amides is 1. The lowest BCUT2D eigenvalue weighted by Gasteiger charge is -2.28. The van der Waals surface area contributed by atoms with Gasteiger partial charge in [0.25, 0.3) is 0 Å². The van der Waals surface area contributed by atoms with E-state index in [1.54, 1.807) is 19.1 Å². The van der Waals surface area contributed by atoms with E-state index in [4.69, 9.17) is 4.74 Å². The van der Waals surface area contributed by atoms with E-state index in [1.165, 1.54) is 0 Å². The third-order valence-corrected chi connectivity index (χ3v) is 6.13. The number of sulfonamides is 1. The summed E-state index contributed by atoms with van der Waals surface area (Å²) >= 11 is 0. The topological polar surface area (TPSA) is 75.7 Å². The van der Waals surface area contributed by atoms with E-state index in [2.05, 4.69) is 19.2 Å². The fourth-order valence-corrected chi connectivity index (χ4v) is 4.43. The highest BCUT2D eigenvalue weighted by molar-refractivity contribution is 7.92. The molecule has 0 radical (unpaired) electrons. The number of hydrogen-bond donors (Lipinski definition) is 1. The van der Waals surface area contributed by atoms with Crippen molar-refractivity contribution < 1.29 is 17.9 Å². The maximum Gasteiger partial charge on any atom is 0.243 e. The maximum absolute atomic E-state index is 12.6. The van der Waals surface area contributed by atoms with Crippen LogP contribution in [0.4, 0.5) is 5.69 Å². The molecule has 0 aromatic heterocycles.